The number of halogens is 1. The Kier molecular flexibility index (Phi) is 4.92. The van der Waals surface area contributed by atoms with Gasteiger partial charge < -0.3 is 9.64 Å². The van der Waals surface area contributed by atoms with Crippen LogP contribution >= 0.6 is 0 Å². The van der Waals surface area contributed by atoms with Crippen LogP contribution in [0, 0.1) is 17.1 Å². The molecule has 1 atom stereocenters. The quantitative estimate of drug-likeness (QED) is 0.788. The van der Waals surface area contributed by atoms with Gasteiger partial charge in [0.1, 0.15) is 11.9 Å². The lowest BCUT2D eigenvalue weighted by Crippen LogP contribution is -2.36. The average Bonchev–Trinajstić information content (AvgIpc) is 2.32. The summed E-state index contributed by atoms with van der Waals surface area (Å²) in [5, 5.41) is 9.02. The summed E-state index contributed by atoms with van der Waals surface area (Å²) in [6.07, 6.45) is 0. The van der Waals surface area contributed by atoms with Gasteiger partial charge in [-0.25, -0.2) is 4.39 Å². The zero-order chi connectivity index (χ0) is 12.8. The van der Waals surface area contributed by atoms with Crippen molar-refractivity contribution in [3.63, 3.8) is 0 Å². The first-order chi connectivity index (χ1) is 8.13. The first kappa shape index (κ1) is 13.5. The Hall–Kier alpha value is -1.60. The van der Waals surface area contributed by atoms with E-state index in [9.17, 15) is 4.39 Å². The van der Waals surface area contributed by atoms with Crippen molar-refractivity contribution in [1.82, 2.24) is 0 Å². The van der Waals surface area contributed by atoms with Gasteiger partial charge in [-0.15, -0.1) is 0 Å². The Morgan fingerprint density at radius 3 is 2.76 bits per heavy atom. The summed E-state index contributed by atoms with van der Waals surface area (Å²) >= 11 is 0. The number of hydrogen-bond donors (Lipinski definition) is 0. The Balaban J connectivity index is 3.08. The predicted octanol–water partition coefficient (Wildman–Crippen LogP) is 2.56. The van der Waals surface area contributed by atoms with Crippen LogP contribution < -0.4 is 4.90 Å². The number of nitriles is 1. The van der Waals surface area contributed by atoms with Crippen LogP contribution in [0.15, 0.2) is 18.2 Å². The van der Waals surface area contributed by atoms with Gasteiger partial charge in [-0.1, -0.05) is 0 Å². The fourth-order valence-electron chi connectivity index (χ4n) is 1.90. The molecule has 1 unspecified atom stereocenters. The SMILES string of the molecule is CCN(c1ccc(F)cc1C#N)C(C)COC. The van der Waals surface area contributed by atoms with E-state index in [0.717, 1.165) is 12.2 Å². The van der Waals surface area contributed by atoms with Crippen LogP contribution in [0.1, 0.15) is 19.4 Å². The highest BCUT2D eigenvalue weighted by Crippen LogP contribution is 2.23. The number of hydrogen-bond acceptors (Lipinski definition) is 3. The first-order valence-corrected chi connectivity index (χ1v) is 5.59. The van der Waals surface area contributed by atoms with Crippen LogP contribution in [-0.2, 0) is 4.74 Å². The molecule has 0 heterocycles. The van der Waals surface area contributed by atoms with Crippen LogP contribution in [-0.4, -0.2) is 26.3 Å². The molecule has 92 valence electrons. The van der Waals surface area contributed by atoms with E-state index in [1.54, 1.807) is 13.2 Å². The zero-order valence-corrected chi connectivity index (χ0v) is 10.4. The summed E-state index contributed by atoms with van der Waals surface area (Å²) in [5.74, 6) is -0.388. The molecule has 0 aliphatic heterocycles. The van der Waals surface area contributed by atoms with Gasteiger partial charge in [-0.2, -0.15) is 5.26 Å². The molecule has 17 heavy (non-hydrogen) atoms. The van der Waals surface area contributed by atoms with Crippen LogP contribution in [0.2, 0.25) is 0 Å². The Labute approximate surface area is 101 Å². The molecule has 1 rings (SSSR count). The lowest BCUT2D eigenvalue weighted by atomic mass is 10.1. The fraction of sp³-hybridized carbons (Fsp3) is 0.462. The molecule has 0 aliphatic rings. The number of methoxy groups -OCH3 is 1. The van der Waals surface area contributed by atoms with E-state index in [1.165, 1.54) is 12.1 Å². The minimum atomic E-state index is -0.388. The van der Waals surface area contributed by atoms with E-state index in [-0.39, 0.29) is 11.9 Å². The maximum Gasteiger partial charge on any atom is 0.124 e. The molecular formula is C13H17FN2O. The molecular weight excluding hydrogens is 219 g/mol. The van der Waals surface area contributed by atoms with Crippen molar-refractivity contribution < 1.29 is 9.13 Å². The predicted molar refractivity (Wildman–Crippen MR) is 65.5 cm³/mol. The van der Waals surface area contributed by atoms with Crippen LogP contribution in [0.3, 0.4) is 0 Å². The van der Waals surface area contributed by atoms with Gasteiger partial charge in [-0.05, 0) is 32.0 Å². The second-order valence-corrected chi connectivity index (χ2v) is 3.86. The highest BCUT2D eigenvalue weighted by atomic mass is 19.1. The van der Waals surface area contributed by atoms with Crippen molar-refractivity contribution in [3.05, 3.63) is 29.6 Å². The van der Waals surface area contributed by atoms with Gasteiger partial charge >= 0.3 is 0 Å². The van der Waals surface area contributed by atoms with Gasteiger partial charge in [0, 0.05) is 19.7 Å². The Morgan fingerprint density at radius 1 is 1.53 bits per heavy atom. The molecule has 3 nitrogen and oxygen atoms in total. The molecule has 0 aromatic heterocycles. The lowest BCUT2D eigenvalue weighted by Gasteiger charge is -2.30. The van der Waals surface area contributed by atoms with E-state index in [1.807, 2.05) is 24.8 Å². The number of benzene rings is 1. The van der Waals surface area contributed by atoms with E-state index < -0.39 is 0 Å². The molecule has 0 saturated carbocycles. The number of nitrogens with zero attached hydrogens (tertiary/aromatic N) is 2. The molecule has 0 radical (unpaired) electrons. The third-order valence-corrected chi connectivity index (χ3v) is 2.67. The van der Waals surface area contributed by atoms with Crippen molar-refractivity contribution in [2.75, 3.05) is 25.2 Å². The minimum Gasteiger partial charge on any atom is -0.383 e. The van der Waals surface area contributed by atoms with E-state index in [2.05, 4.69) is 0 Å². The number of likely N-dealkylation sites (N-methyl/N-ethyl adjacent to an activating group) is 1. The summed E-state index contributed by atoms with van der Waals surface area (Å²) in [6.45, 7) is 5.31. The smallest absolute Gasteiger partial charge is 0.124 e. The Morgan fingerprint density at radius 2 is 2.24 bits per heavy atom. The molecule has 0 amide bonds. The van der Waals surface area contributed by atoms with Gasteiger partial charge in [-0.3, -0.25) is 0 Å². The highest BCUT2D eigenvalue weighted by molar-refractivity contribution is 5.59. The fourth-order valence-corrected chi connectivity index (χ4v) is 1.90. The summed E-state index contributed by atoms with van der Waals surface area (Å²) in [7, 11) is 1.64. The number of rotatable bonds is 5. The summed E-state index contributed by atoms with van der Waals surface area (Å²) < 4.78 is 18.2. The molecule has 0 spiro atoms. The second-order valence-electron chi connectivity index (χ2n) is 3.86. The van der Waals surface area contributed by atoms with Crippen LogP contribution in [0.5, 0.6) is 0 Å². The highest BCUT2D eigenvalue weighted by Gasteiger charge is 2.16. The summed E-state index contributed by atoms with van der Waals surface area (Å²) in [4.78, 5) is 2.03. The molecule has 0 fully saturated rings. The van der Waals surface area contributed by atoms with Crippen LogP contribution in [0.4, 0.5) is 10.1 Å². The van der Waals surface area contributed by atoms with Gasteiger partial charge in [0.05, 0.1) is 17.9 Å². The average molecular weight is 236 g/mol. The van der Waals surface area contributed by atoms with Crippen molar-refractivity contribution in [1.29, 1.82) is 5.26 Å². The van der Waals surface area contributed by atoms with Crippen molar-refractivity contribution >= 4 is 5.69 Å². The maximum absolute atomic E-state index is 13.1. The molecule has 0 aliphatic carbocycles. The lowest BCUT2D eigenvalue weighted by molar-refractivity contribution is 0.182. The monoisotopic (exact) mass is 236 g/mol. The molecule has 4 heteroatoms. The molecule has 0 N–H and O–H groups in total. The number of anilines is 1. The van der Waals surface area contributed by atoms with Gasteiger partial charge in [0.15, 0.2) is 0 Å². The summed E-state index contributed by atoms with van der Waals surface area (Å²) in [5.41, 5.74) is 1.11. The van der Waals surface area contributed by atoms with Gasteiger partial charge in [0.2, 0.25) is 0 Å². The first-order valence-electron chi connectivity index (χ1n) is 5.59. The maximum atomic E-state index is 13.1. The molecule has 1 aromatic rings. The molecule has 0 saturated heterocycles. The zero-order valence-electron chi connectivity index (χ0n) is 10.4. The van der Waals surface area contributed by atoms with Crippen LogP contribution in [0.25, 0.3) is 0 Å². The number of ether oxygens (including phenoxy) is 1. The normalized spacial score (nSPS) is 11.9. The Bertz CT molecular complexity index is 414. The third-order valence-electron chi connectivity index (χ3n) is 2.67. The summed E-state index contributed by atoms with van der Waals surface area (Å²) in [6, 6.07) is 6.44. The standard InChI is InChI=1S/C13H17FN2O/c1-4-16(10(2)9-17-3)13-6-5-12(14)7-11(13)8-15/h5-7,10H,4,9H2,1-3H3. The van der Waals surface area contributed by atoms with Crippen molar-refractivity contribution in [2.24, 2.45) is 0 Å². The van der Waals surface area contributed by atoms with Crippen molar-refractivity contribution in [3.8, 4) is 6.07 Å². The van der Waals surface area contributed by atoms with E-state index in [4.69, 9.17) is 10.00 Å². The molecule has 0 bridgehead atoms. The minimum absolute atomic E-state index is 0.141. The third kappa shape index (κ3) is 3.18. The van der Waals surface area contributed by atoms with Gasteiger partial charge in [0.25, 0.3) is 0 Å². The second kappa shape index (κ2) is 6.21. The topological polar surface area (TPSA) is 36.3 Å². The molecule has 1 aromatic carbocycles. The largest absolute Gasteiger partial charge is 0.383 e. The van der Waals surface area contributed by atoms with Crippen molar-refractivity contribution in [2.45, 2.75) is 19.9 Å². The van der Waals surface area contributed by atoms with E-state index in [0.29, 0.717) is 12.2 Å². The van der Waals surface area contributed by atoms with E-state index >= 15 is 0 Å².